The Morgan fingerprint density at radius 3 is 2.46 bits per heavy atom. The summed E-state index contributed by atoms with van der Waals surface area (Å²) in [5.41, 5.74) is 8.80. The van der Waals surface area contributed by atoms with E-state index in [1.807, 2.05) is 39.0 Å². The van der Waals surface area contributed by atoms with Gasteiger partial charge in [-0.05, 0) is 44.0 Å². The van der Waals surface area contributed by atoms with Crippen molar-refractivity contribution < 1.29 is 9.53 Å². The molecule has 0 radical (unpaired) electrons. The molecule has 0 unspecified atom stereocenters. The van der Waals surface area contributed by atoms with Gasteiger partial charge < -0.3 is 15.8 Å². The van der Waals surface area contributed by atoms with Crippen LogP contribution in [0.1, 0.15) is 35.5 Å². The standard InChI is InChI=1S/C21H23N5O2/c1-13-8-9-17(28-4)25-18(13)21(2,3)26-20-23-11-16(12-24-20)14-6-5-7-15(10-14)19(22)27/h5-12H,1-4H3,(H2,22,27)(H,23,24,26). The average molecular weight is 377 g/mol. The number of methoxy groups -OCH3 is 1. The van der Waals surface area contributed by atoms with Crippen LogP contribution in [0.15, 0.2) is 48.8 Å². The maximum atomic E-state index is 11.4. The topological polar surface area (TPSA) is 103 Å². The van der Waals surface area contributed by atoms with Gasteiger partial charge in [0.15, 0.2) is 0 Å². The third-order valence-electron chi connectivity index (χ3n) is 4.43. The largest absolute Gasteiger partial charge is 0.481 e. The number of hydrogen-bond donors (Lipinski definition) is 2. The molecule has 0 atom stereocenters. The molecule has 0 spiro atoms. The highest BCUT2D eigenvalue weighted by molar-refractivity contribution is 5.94. The fourth-order valence-electron chi connectivity index (χ4n) is 2.99. The van der Waals surface area contributed by atoms with Gasteiger partial charge in [0, 0.05) is 29.6 Å². The summed E-state index contributed by atoms with van der Waals surface area (Å²) < 4.78 is 5.24. The number of pyridine rings is 1. The Balaban J connectivity index is 1.84. The van der Waals surface area contributed by atoms with Crippen LogP contribution in [0.5, 0.6) is 5.88 Å². The van der Waals surface area contributed by atoms with E-state index in [-0.39, 0.29) is 0 Å². The second-order valence-electron chi connectivity index (χ2n) is 7.01. The monoisotopic (exact) mass is 377 g/mol. The fourth-order valence-corrected chi connectivity index (χ4v) is 2.99. The molecule has 0 aliphatic carbocycles. The summed E-state index contributed by atoms with van der Waals surface area (Å²) in [6.07, 6.45) is 3.41. The molecule has 3 rings (SSSR count). The highest BCUT2D eigenvalue weighted by Crippen LogP contribution is 2.27. The number of primary amides is 1. The Kier molecular flexibility index (Phi) is 5.26. The molecule has 0 aliphatic rings. The predicted molar refractivity (Wildman–Crippen MR) is 108 cm³/mol. The van der Waals surface area contributed by atoms with Crippen molar-refractivity contribution in [3.63, 3.8) is 0 Å². The molecule has 7 heteroatoms. The van der Waals surface area contributed by atoms with Gasteiger partial charge in [0.25, 0.3) is 0 Å². The molecule has 28 heavy (non-hydrogen) atoms. The van der Waals surface area contributed by atoms with Crippen LogP contribution in [-0.2, 0) is 5.54 Å². The lowest BCUT2D eigenvalue weighted by Crippen LogP contribution is -2.31. The van der Waals surface area contributed by atoms with Crippen LogP contribution in [0.25, 0.3) is 11.1 Å². The summed E-state index contributed by atoms with van der Waals surface area (Å²) in [7, 11) is 1.59. The number of aromatic nitrogens is 3. The van der Waals surface area contributed by atoms with Crippen LogP contribution in [0.4, 0.5) is 5.95 Å². The van der Waals surface area contributed by atoms with Gasteiger partial charge in [0.1, 0.15) is 0 Å². The zero-order valence-corrected chi connectivity index (χ0v) is 16.4. The number of nitrogens with zero attached hydrogens (tertiary/aromatic N) is 3. The van der Waals surface area contributed by atoms with Crippen molar-refractivity contribution in [1.82, 2.24) is 15.0 Å². The van der Waals surface area contributed by atoms with Crippen LogP contribution in [0.2, 0.25) is 0 Å². The average Bonchev–Trinajstić information content (AvgIpc) is 2.68. The van der Waals surface area contributed by atoms with Crippen molar-refractivity contribution in [2.24, 2.45) is 5.73 Å². The molecule has 0 fully saturated rings. The van der Waals surface area contributed by atoms with Crippen molar-refractivity contribution >= 4 is 11.9 Å². The van der Waals surface area contributed by atoms with Crippen molar-refractivity contribution in [1.29, 1.82) is 0 Å². The first-order valence-corrected chi connectivity index (χ1v) is 8.83. The number of carbonyl (C=O) groups is 1. The SMILES string of the molecule is COc1ccc(C)c(C(C)(C)Nc2ncc(-c3cccc(C(N)=O)c3)cn2)n1. The first-order chi connectivity index (χ1) is 13.3. The molecule has 7 nitrogen and oxygen atoms in total. The van der Waals surface area contributed by atoms with E-state index < -0.39 is 11.4 Å². The Morgan fingerprint density at radius 2 is 1.82 bits per heavy atom. The van der Waals surface area contributed by atoms with Gasteiger partial charge in [0.05, 0.1) is 18.3 Å². The highest BCUT2D eigenvalue weighted by atomic mass is 16.5. The van der Waals surface area contributed by atoms with E-state index in [4.69, 9.17) is 10.5 Å². The van der Waals surface area contributed by atoms with Gasteiger partial charge in [-0.3, -0.25) is 4.79 Å². The Hall–Kier alpha value is -3.48. The lowest BCUT2D eigenvalue weighted by atomic mass is 9.96. The summed E-state index contributed by atoms with van der Waals surface area (Å²) in [5.74, 6) is 0.564. The van der Waals surface area contributed by atoms with Crippen molar-refractivity contribution in [3.8, 4) is 17.0 Å². The van der Waals surface area contributed by atoms with Crippen LogP contribution in [0.3, 0.4) is 0 Å². The van der Waals surface area contributed by atoms with Gasteiger partial charge in [-0.2, -0.15) is 0 Å². The van der Waals surface area contributed by atoms with Gasteiger partial charge >= 0.3 is 0 Å². The van der Waals surface area contributed by atoms with Gasteiger partial charge in [-0.15, -0.1) is 0 Å². The van der Waals surface area contributed by atoms with Gasteiger partial charge in [0.2, 0.25) is 17.7 Å². The van der Waals surface area contributed by atoms with E-state index in [1.54, 1.807) is 37.7 Å². The number of anilines is 1. The summed E-state index contributed by atoms with van der Waals surface area (Å²) in [4.78, 5) is 24.8. The smallest absolute Gasteiger partial charge is 0.248 e. The molecule has 144 valence electrons. The molecule has 3 aromatic rings. The van der Waals surface area contributed by atoms with Crippen molar-refractivity contribution in [2.45, 2.75) is 26.3 Å². The van der Waals surface area contributed by atoms with E-state index in [0.717, 1.165) is 22.4 Å². The first-order valence-electron chi connectivity index (χ1n) is 8.83. The Morgan fingerprint density at radius 1 is 1.11 bits per heavy atom. The number of ether oxygens (including phenoxy) is 1. The van der Waals surface area contributed by atoms with Crippen LogP contribution >= 0.6 is 0 Å². The lowest BCUT2D eigenvalue weighted by molar-refractivity contribution is 0.100. The number of rotatable bonds is 6. The predicted octanol–water partition coefficient (Wildman–Crippen LogP) is 3.30. The van der Waals surface area contributed by atoms with Crippen LogP contribution < -0.4 is 15.8 Å². The van der Waals surface area contributed by atoms with E-state index in [9.17, 15) is 4.79 Å². The third kappa shape index (κ3) is 4.09. The molecule has 0 aliphatic heterocycles. The molecule has 0 saturated heterocycles. The number of carbonyl (C=O) groups excluding carboxylic acids is 1. The second kappa shape index (κ2) is 7.64. The second-order valence-corrected chi connectivity index (χ2v) is 7.01. The van der Waals surface area contributed by atoms with E-state index in [2.05, 4.69) is 20.3 Å². The summed E-state index contributed by atoms with van der Waals surface area (Å²) in [6.45, 7) is 6.02. The first kappa shape index (κ1) is 19.3. The molecule has 2 heterocycles. The van der Waals surface area contributed by atoms with E-state index in [1.165, 1.54) is 0 Å². The number of hydrogen-bond acceptors (Lipinski definition) is 6. The summed E-state index contributed by atoms with van der Waals surface area (Å²) in [6, 6.07) is 10.9. The quantitative estimate of drug-likeness (QED) is 0.683. The lowest BCUT2D eigenvalue weighted by Gasteiger charge is -2.27. The van der Waals surface area contributed by atoms with Crippen LogP contribution in [-0.4, -0.2) is 28.0 Å². The Labute approximate surface area is 164 Å². The normalized spacial score (nSPS) is 11.1. The van der Waals surface area contributed by atoms with Gasteiger partial charge in [-0.1, -0.05) is 18.2 Å². The van der Waals surface area contributed by atoms with Crippen LogP contribution in [0, 0.1) is 6.92 Å². The molecule has 1 amide bonds. The van der Waals surface area contributed by atoms with E-state index >= 15 is 0 Å². The fraction of sp³-hybridized carbons (Fsp3) is 0.238. The molecule has 0 bridgehead atoms. The minimum atomic E-state index is -0.508. The maximum Gasteiger partial charge on any atom is 0.248 e. The zero-order chi connectivity index (χ0) is 20.3. The summed E-state index contributed by atoms with van der Waals surface area (Å²) >= 11 is 0. The van der Waals surface area contributed by atoms with Crippen molar-refractivity contribution in [3.05, 3.63) is 65.6 Å². The van der Waals surface area contributed by atoms with E-state index in [0.29, 0.717) is 17.4 Å². The van der Waals surface area contributed by atoms with Crippen molar-refractivity contribution in [2.75, 3.05) is 12.4 Å². The van der Waals surface area contributed by atoms with Gasteiger partial charge in [-0.25, -0.2) is 15.0 Å². The Bertz CT molecular complexity index is 1000. The third-order valence-corrected chi connectivity index (χ3v) is 4.43. The molecule has 1 aromatic carbocycles. The highest BCUT2D eigenvalue weighted by Gasteiger charge is 2.25. The maximum absolute atomic E-state index is 11.4. The molecule has 0 saturated carbocycles. The molecular weight excluding hydrogens is 354 g/mol. The number of benzene rings is 1. The minimum absolute atomic E-state index is 0.445. The number of amides is 1. The number of aryl methyl sites for hydroxylation is 1. The molecular formula is C21H23N5O2. The number of nitrogens with one attached hydrogen (secondary N) is 1. The molecule has 3 N–H and O–H groups in total. The summed E-state index contributed by atoms with van der Waals surface area (Å²) in [5, 5.41) is 3.32. The zero-order valence-electron chi connectivity index (χ0n) is 16.4. The minimum Gasteiger partial charge on any atom is -0.481 e. The number of nitrogens with two attached hydrogens (primary N) is 1. The molecule has 2 aromatic heterocycles.